The largest absolute Gasteiger partial charge is 0.492 e. The second-order valence-electron chi connectivity index (χ2n) is 9.11. The summed E-state index contributed by atoms with van der Waals surface area (Å²) in [4.78, 5) is 15.6. The fourth-order valence-electron chi connectivity index (χ4n) is 4.42. The Balaban J connectivity index is 1.60. The van der Waals surface area contributed by atoms with Gasteiger partial charge < -0.3 is 9.84 Å². The van der Waals surface area contributed by atoms with Gasteiger partial charge >= 0.3 is 0 Å². The monoisotopic (exact) mass is 435 g/mol. The van der Waals surface area contributed by atoms with Crippen LogP contribution in [0, 0.1) is 12.8 Å². The average Bonchev–Trinajstić information content (AvgIpc) is 2.90. The maximum absolute atomic E-state index is 13.3. The number of fused-ring (bicyclic) bond motifs is 1. The van der Waals surface area contributed by atoms with E-state index in [-0.39, 0.29) is 5.56 Å². The van der Waals surface area contributed by atoms with Crippen molar-refractivity contribution in [2.45, 2.75) is 46.4 Å². The van der Waals surface area contributed by atoms with Crippen molar-refractivity contribution >= 4 is 0 Å². The van der Waals surface area contributed by atoms with Crippen LogP contribution >= 0.6 is 0 Å². The molecule has 0 fully saturated rings. The lowest BCUT2D eigenvalue weighted by molar-refractivity contribution is 0.151. The van der Waals surface area contributed by atoms with Crippen LogP contribution in [0.1, 0.15) is 48.8 Å². The van der Waals surface area contributed by atoms with E-state index in [0.29, 0.717) is 25.6 Å². The van der Waals surface area contributed by atoms with E-state index in [2.05, 4.69) is 24.8 Å². The third-order valence-corrected chi connectivity index (χ3v) is 6.28. The van der Waals surface area contributed by atoms with E-state index in [1.54, 1.807) is 4.68 Å². The van der Waals surface area contributed by atoms with Crippen LogP contribution in [0.4, 0.5) is 0 Å². The minimum Gasteiger partial charge on any atom is -0.492 e. The van der Waals surface area contributed by atoms with Crippen molar-refractivity contribution in [2.24, 2.45) is 13.0 Å². The Morgan fingerprint density at radius 3 is 2.59 bits per heavy atom. The number of benzene rings is 2. The molecular formula is C26H33N3O3. The topological polar surface area (TPSA) is 59.6 Å². The zero-order chi connectivity index (χ0) is 22.8. The third kappa shape index (κ3) is 4.52. The molecule has 6 heteroatoms. The van der Waals surface area contributed by atoms with E-state index in [1.807, 2.05) is 61.1 Å². The predicted octanol–water partition coefficient (Wildman–Crippen LogP) is 3.96. The molecule has 0 amide bonds. The van der Waals surface area contributed by atoms with Crippen LogP contribution in [0.5, 0.6) is 5.75 Å². The van der Waals surface area contributed by atoms with Gasteiger partial charge in [0.1, 0.15) is 12.4 Å². The molecule has 0 saturated heterocycles. The van der Waals surface area contributed by atoms with E-state index in [0.717, 1.165) is 46.8 Å². The Hall–Kier alpha value is -2.83. The molecule has 0 saturated carbocycles. The van der Waals surface area contributed by atoms with Gasteiger partial charge in [-0.3, -0.25) is 14.4 Å². The molecule has 0 aliphatic carbocycles. The Bertz CT molecular complexity index is 1130. The van der Waals surface area contributed by atoms with Crippen molar-refractivity contribution in [2.75, 3.05) is 13.2 Å². The highest BCUT2D eigenvalue weighted by atomic mass is 16.5. The number of nitrogens with zero attached hydrogens (tertiary/aromatic N) is 3. The second kappa shape index (κ2) is 9.35. The van der Waals surface area contributed by atoms with Crippen LogP contribution in [-0.4, -0.2) is 32.5 Å². The van der Waals surface area contributed by atoms with Crippen molar-refractivity contribution in [3.63, 3.8) is 0 Å². The van der Waals surface area contributed by atoms with Gasteiger partial charge in [0.2, 0.25) is 0 Å². The molecule has 1 aromatic heterocycles. The fourth-order valence-corrected chi connectivity index (χ4v) is 4.42. The molecule has 4 rings (SSSR count). The Labute approximate surface area is 189 Å². The first-order chi connectivity index (χ1) is 15.3. The Kier molecular flexibility index (Phi) is 6.53. The first-order valence-electron chi connectivity index (χ1n) is 11.3. The maximum Gasteiger partial charge on any atom is 0.276 e. The van der Waals surface area contributed by atoms with Crippen LogP contribution in [0.2, 0.25) is 0 Å². The molecule has 2 heterocycles. The van der Waals surface area contributed by atoms with Gasteiger partial charge in [0.25, 0.3) is 5.56 Å². The number of aromatic nitrogens is 2. The lowest BCUT2D eigenvalue weighted by atomic mass is 9.97. The molecule has 1 aliphatic rings. The summed E-state index contributed by atoms with van der Waals surface area (Å²) in [5, 5.41) is 10.6. The van der Waals surface area contributed by atoms with Crippen LogP contribution < -0.4 is 10.3 Å². The molecule has 1 atom stereocenters. The first kappa shape index (κ1) is 22.4. The van der Waals surface area contributed by atoms with Crippen LogP contribution in [0.15, 0.2) is 53.3 Å². The van der Waals surface area contributed by atoms with Crippen molar-refractivity contribution in [3.8, 4) is 11.4 Å². The lowest BCUT2D eigenvalue weighted by Crippen LogP contribution is -2.29. The number of para-hydroxylation sites is 1. The average molecular weight is 436 g/mol. The summed E-state index contributed by atoms with van der Waals surface area (Å²) in [7, 11) is 1.93. The lowest BCUT2D eigenvalue weighted by Gasteiger charge is -2.19. The quantitative estimate of drug-likeness (QED) is 0.637. The highest BCUT2D eigenvalue weighted by Gasteiger charge is 2.22. The zero-order valence-corrected chi connectivity index (χ0v) is 19.4. The van der Waals surface area contributed by atoms with E-state index in [9.17, 15) is 9.90 Å². The van der Waals surface area contributed by atoms with Gasteiger partial charge in [-0.2, -0.15) is 0 Å². The van der Waals surface area contributed by atoms with Gasteiger partial charge in [-0.1, -0.05) is 38.1 Å². The Morgan fingerprint density at radius 2 is 1.88 bits per heavy atom. The minimum atomic E-state index is -0.480. The van der Waals surface area contributed by atoms with Crippen molar-refractivity contribution in [3.05, 3.63) is 81.3 Å². The van der Waals surface area contributed by atoms with Gasteiger partial charge in [-0.15, -0.1) is 0 Å². The Morgan fingerprint density at radius 1 is 1.12 bits per heavy atom. The molecule has 1 N–H and O–H groups in total. The standard InChI is InChI=1S/C26H33N3O3/c1-18(2)14-24(30)20-10-11-25-21(15-20)16-28(12-13-32-25)17-23-19(3)27(4)29(26(23)31)22-8-6-5-7-9-22/h5-11,15,18,24,30H,12-14,16-17H2,1-4H3. The van der Waals surface area contributed by atoms with Gasteiger partial charge in [0, 0.05) is 37.9 Å². The number of aliphatic hydroxyl groups is 1. The molecule has 170 valence electrons. The number of aliphatic hydroxyl groups excluding tert-OH is 1. The summed E-state index contributed by atoms with van der Waals surface area (Å²) >= 11 is 0. The van der Waals surface area contributed by atoms with Crippen LogP contribution in [0.25, 0.3) is 5.69 Å². The summed E-state index contributed by atoms with van der Waals surface area (Å²) in [6, 6.07) is 15.7. The molecule has 1 aliphatic heterocycles. The molecule has 0 bridgehead atoms. The van der Waals surface area contributed by atoms with Gasteiger partial charge in [-0.25, -0.2) is 4.68 Å². The summed E-state index contributed by atoms with van der Waals surface area (Å²) < 4.78 is 9.63. The number of hydrogen-bond donors (Lipinski definition) is 1. The number of hydrogen-bond acceptors (Lipinski definition) is 4. The fraction of sp³-hybridized carbons (Fsp3) is 0.423. The minimum absolute atomic E-state index is 0.0164. The number of rotatable bonds is 6. The van der Waals surface area contributed by atoms with Crippen molar-refractivity contribution in [1.82, 2.24) is 14.3 Å². The maximum atomic E-state index is 13.3. The van der Waals surface area contributed by atoms with E-state index < -0.39 is 6.10 Å². The van der Waals surface area contributed by atoms with Crippen LogP contribution in [-0.2, 0) is 20.1 Å². The second-order valence-corrected chi connectivity index (χ2v) is 9.11. The van der Waals surface area contributed by atoms with Crippen molar-refractivity contribution in [1.29, 1.82) is 0 Å². The van der Waals surface area contributed by atoms with E-state index >= 15 is 0 Å². The van der Waals surface area contributed by atoms with Gasteiger partial charge in [0.15, 0.2) is 0 Å². The normalized spacial score (nSPS) is 15.3. The van der Waals surface area contributed by atoms with E-state index in [4.69, 9.17) is 4.74 Å². The van der Waals surface area contributed by atoms with Gasteiger partial charge in [0.05, 0.1) is 17.4 Å². The van der Waals surface area contributed by atoms with Crippen molar-refractivity contribution < 1.29 is 9.84 Å². The first-order valence-corrected chi connectivity index (χ1v) is 11.3. The molecule has 3 aromatic rings. The van der Waals surface area contributed by atoms with E-state index in [1.165, 1.54) is 0 Å². The number of ether oxygens (including phenoxy) is 1. The summed E-state index contributed by atoms with van der Waals surface area (Å²) in [6.07, 6.45) is 0.248. The molecular weight excluding hydrogens is 402 g/mol. The summed E-state index contributed by atoms with van der Waals surface area (Å²) in [6.45, 7) is 8.76. The zero-order valence-electron chi connectivity index (χ0n) is 19.4. The summed E-state index contributed by atoms with van der Waals surface area (Å²) in [5.74, 6) is 1.28. The molecule has 0 radical (unpaired) electrons. The predicted molar refractivity (Wildman–Crippen MR) is 126 cm³/mol. The highest BCUT2D eigenvalue weighted by Crippen LogP contribution is 2.29. The third-order valence-electron chi connectivity index (χ3n) is 6.28. The smallest absolute Gasteiger partial charge is 0.276 e. The van der Waals surface area contributed by atoms with Gasteiger partial charge in [-0.05, 0) is 49.1 Å². The molecule has 32 heavy (non-hydrogen) atoms. The summed E-state index contributed by atoms with van der Waals surface area (Å²) in [5.41, 5.74) is 4.62. The molecule has 0 spiro atoms. The SMILES string of the molecule is Cc1c(CN2CCOc3ccc(C(O)CC(C)C)cc3C2)c(=O)n(-c2ccccc2)n1C. The molecule has 2 aromatic carbocycles. The highest BCUT2D eigenvalue weighted by molar-refractivity contribution is 5.39. The molecule has 1 unspecified atom stereocenters. The van der Waals surface area contributed by atoms with Crippen LogP contribution in [0.3, 0.4) is 0 Å². The molecule has 6 nitrogen and oxygen atoms in total.